The van der Waals surface area contributed by atoms with Crippen LogP contribution >= 0.6 is 0 Å². The third-order valence-corrected chi connectivity index (χ3v) is 2.65. The molecule has 4 heterocycles. The first-order valence-electron chi connectivity index (χ1n) is 5.17. The van der Waals surface area contributed by atoms with Gasteiger partial charge >= 0.3 is 0 Å². The van der Waals surface area contributed by atoms with Crippen molar-refractivity contribution >= 4 is 33.4 Å². The molecule has 0 aromatic carbocycles. The molecule has 80 valence electrons. The molecule has 0 amide bonds. The molecule has 0 aliphatic heterocycles. The molecule has 0 spiro atoms. The Balaban J connectivity index is 2.28. The van der Waals surface area contributed by atoms with Gasteiger partial charge in [0, 0.05) is 18.6 Å². The first-order chi connectivity index (χ1) is 8.42. The van der Waals surface area contributed by atoms with E-state index in [-0.39, 0.29) is 0 Å². The molecule has 5 heteroatoms. The van der Waals surface area contributed by atoms with Crippen LogP contribution in [0.2, 0.25) is 0 Å². The summed E-state index contributed by atoms with van der Waals surface area (Å²) in [4.78, 5) is 17.1. The molecule has 0 atom stereocenters. The molecule has 17 heavy (non-hydrogen) atoms. The van der Waals surface area contributed by atoms with E-state index >= 15 is 0 Å². The van der Waals surface area contributed by atoms with Crippen molar-refractivity contribution in [2.45, 2.75) is 0 Å². The molecular formula is C12H6N4O. The summed E-state index contributed by atoms with van der Waals surface area (Å²) in [6.07, 6.45) is 5.11. The summed E-state index contributed by atoms with van der Waals surface area (Å²) in [5.74, 6) is 0. The normalized spacial score (nSPS) is 11.5. The Morgan fingerprint density at radius 2 is 2.06 bits per heavy atom. The predicted molar refractivity (Wildman–Crippen MR) is 62.4 cm³/mol. The van der Waals surface area contributed by atoms with Crippen molar-refractivity contribution < 1.29 is 4.42 Å². The Kier molecular flexibility index (Phi) is 1.50. The van der Waals surface area contributed by atoms with Gasteiger partial charge in [0.1, 0.15) is 16.6 Å². The number of furan rings is 1. The topological polar surface area (TPSA) is 64.7 Å². The van der Waals surface area contributed by atoms with Crippen molar-refractivity contribution in [2.24, 2.45) is 0 Å². The maximum atomic E-state index is 5.62. The van der Waals surface area contributed by atoms with Crippen LogP contribution in [0, 0.1) is 0 Å². The van der Waals surface area contributed by atoms with Crippen molar-refractivity contribution in [1.29, 1.82) is 0 Å². The van der Waals surface area contributed by atoms with E-state index in [4.69, 9.17) is 4.42 Å². The maximum Gasteiger partial charge on any atom is 0.247 e. The summed E-state index contributed by atoms with van der Waals surface area (Å²) in [7, 11) is 0. The second-order valence-electron chi connectivity index (χ2n) is 3.70. The Morgan fingerprint density at radius 3 is 3.06 bits per heavy atom. The lowest BCUT2D eigenvalue weighted by Crippen LogP contribution is -1.86. The van der Waals surface area contributed by atoms with Gasteiger partial charge in [-0.15, -0.1) is 0 Å². The molecule has 0 aliphatic carbocycles. The molecule has 0 bridgehead atoms. The van der Waals surface area contributed by atoms with Crippen molar-refractivity contribution in [3.05, 3.63) is 36.8 Å². The van der Waals surface area contributed by atoms with Crippen LogP contribution in [0.15, 0.2) is 41.2 Å². The van der Waals surface area contributed by atoms with E-state index in [0.29, 0.717) is 16.9 Å². The second-order valence-corrected chi connectivity index (χ2v) is 3.70. The van der Waals surface area contributed by atoms with Gasteiger partial charge in [-0.1, -0.05) is 0 Å². The summed E-state index contributed by atoms with van der Waals surface area (Å²) in [5.41, 5.74) is 3.32. The lowest BCUT2D eigenvalue weighted by atomic mass is 10.3. The van der Waals surface area contributed by atoms with Gasteiger partial charge in [-0.25, -0.2) is 15.0 Å². The van der Waals surface area contributed by atoms with E-state index in [1.54, 1.807) is 24.7 Å². The fraction of sp³-hybridized carbons (Fsp3) is 0. The van der Waals surface area contributed by atoms with E-state index in [0.717, 1.165) is 16.5 Å². The van der Waals surface area contributed by atoms with Crippen LogP contribution in [0.4, 0.5) is 0 Å². The Labute approximate surface area is 95.1 Å². The zero-order valence-electron chi connectivity index (χ0n) is 8.66. The molecule has 0 saturated heterocycles. The van der Waals surface area contributed by atoms with Crippen molar-refractivity contribution in [3.63, 3.8) is 0 Å². The highest BCUT2D eigenvalue weighted by Crippen LogP contribution is 2.25. The summed E-state index contributed by atoms with van der Waals surface area (Å²) in [5, 5.41) is 0.863. The van der Waals surface area contributed by atoms with E-state index in [9.17, 15) is 0 Å². The van der Waals surface area contributed by atoms with Gasteiger partial charge in [0.2, 0.25) is 5.71 Å². The highest BCUT2D eigenvalue weighted by molar-refractivity contribution is 6.02. The van der Waals surface area contributed by atoms with Crippen LogP contribution in [0.25, 0.3) is 33.4 Å². The summed E-state index contributed by atoms with van der Waals surface area (Å²) >= 11 is 0. The first kappa shape index (κ1) is 8.58. The highest BCUT2D eigenvalue weighted by Gasteiger charge is 2.10. The number of pyridine rings is 2. The molecule has 0 N–H and O–H groups in total. The molecule has 0 saturated carbocycles. The summed E-state index contributed by atoms with van der Waals surface area (Å²) < 4.78 is 5.62. The van der Waals surface area contributed by atoms with Crippen LogP contribution in [-0.4, -0.2) is 19.9 Å². The van der Waals surface area contributed by atoms with Gasteiger partial charge in [-0.2, -0.15) is 0 Å². The smallest absolute Gasteiger partial charge is 0.247 e. The van der Waals surface area contributed by atoms with Crippen LogP contribution < -0.4 is 0 Å². The number of fused-ring (bicyclic) bond motifs is 4. The monoisotopic (exact) mass is 222 g/mol. The average molecular weight is 222 g/mol. The van der Waals surface area contributed by atoms with Crippen LogP contribution in [-0.2, 0) is 0 Å². The number of rotatable bonds is 0. The second kappa shape index (κ2) is 2.98. The number of hydrogen-bond acceptors (Lipinski definition) is 5. The zero-order chi connectivity index (χ0) is 11.2. The zero-order valence-corrected chi connectivity index (χ0v) is 8.66. The van der Waals surface area contributed by atoms with E-state index < -0.39 is 0 Å². The Bertz CT molecular complexity index is 847. The lowest BCUT2D eigenvalue weighted by molar-refractivity contribution is 0.654. The lowest BCUT2D eigenvalue weighted by Gasteiger charge is -1.93. The minimum absolute atomic E-state index is 0.522. The molecular weight excluding hydrogens is 216 g/mol. The van der Waals surface area contributed by atoms with Crippen molar-refractivity contribution in [3.8, 4) is 0 Å². The van der Waals surface area contributed by atoms with Gasteiger partial charge < -0.3 is 4.42 Å². The standard InChI is InChI=1S/C12H6N4O/c1-2-8-11(14-4-1)16-10-7-6-13-5-3-9(7)17-12(10)15-8/h1-6H. The van der Waals surface area contributed by atoms with Crippen molar-refractivity contribution in [1.82, 2.24) is 19.9 Å². The van der Waals surface area contributed by atoms with Gasteiger partial charge in [0.25, 0.3) is 0 Å². The fourth-order valence-electron chi connectivity index (χ4n) is 1.88. The molecule has 4 aromatic rings. The minimum Gasteiger partial charge on any atom is -0.436 e. The first-order valence-corrected chi connectivity index (χ1v) is 5.17. The fourth-order valence-corrected chi connectivity index (χ4v) is 1.88. The maximum absolute atomic E-state index is 5.62. The van der Waals surface area contributed by atoms with E-state index in [2.05, 4.69) is 19.9 Å². The highest BCUT2D eigenvalue weighted by atomic mass is 16.3. The van der Waals surface area contributed by atoms with Gasteiger partial charge in [-0.05, 0) is 18.2 Å². The third-order valence-electron chi connectivity index (χ3n) is 2.65. The Morgan fingerprint density at radius 1 is 1.06 bits per heavy atom. The number of nitrogens with zero attached hydrogens (tertiary/aromatic N) is 4. The molecule has 4 rings (SSSR count). The average Bonchev–Trinajstić information content (AvgIpc) is 2.73. The molecule has 0 radical (unpaired) electrons. The number of aromatic nitrogens is 4. The van der Waals surface area contributed by atoms with E-state index in [1.165, 1.54) is 0 Å². The van der Waals surface area contributed by atoms with Crippen LogP contribution in [0.3, 0.4) is 0 Å². The van der Waals surface area contributed by atoms with Crippen LogP contribution in [0.1, 0.15) is 0 Å². The van der Waals surface area contributed by atoms with Crippen LogP contribution in [0.5, 0.6) is 0 Å². The van der Waals surface area contributed by atoms with Crippen molar-refractivity contribution in [2.75, 3.05) is 0 Å². The molecule has 4 aromatic heterocycles. The largest absolute Gasteiger partial charge is 0.436 e. The van der Waals surface area contributed by atoms with Gasteiger partial charge in [0.15, 0.2) is 5.65 Å². The molecule has 0 aliphatic rings. The molecule has 0 unspecified atom stereocenters. The van der Waals surface area contributed by atoms with Gasteiger partial charge in [0.05, 0.1) is 5.39 Å². The van der Waals surface area contributed by atoms with Gasteiger partial charge in [-0.3, -0.25) is 4.98 Å². The quantitative estimate of drug-likeness (QED) is 0.456. The predicted octanol–water partition coefficient (Wildman–Crippen LogP) is 2.32. The molecule has 0 fully saturated rings. The SMILES string of the molecule is c1cnc2nc3c(nc2c1)oc1ccncc13. The Hall–Kier alpha value is -2.56. The molecule has 5 nitrogen and oxygen atoms in total. The summed E-state index contributed by atoms with van der Waals surface area (Å²) in [6.45, 7) is 0. The third kappa shape index (κ3) is 1.13. The number of hydrogen-bond donors (Lipinski definition) is 0. The summed E-state index contributed by atoms with van der Waals surface area (Å²) in [6, 6.07) is 5.49. The minimum atomic E-state index is 0.522. The van der Waals surface area contributed by atoms with E-state index in [1.807, 2.05) is 12.1 Å².